The quantitative estimate of drug-likeness (QED) is 0.807. The zero-order valence-corrected chi connectivity index (χ0v) is 10.9. The van der Waals surface area contributed by atoms with Gasteiger partial charge in [-0.1, -0.05) is 12.1 Å². The third kappa shape index (κ3) is 1.92. The number of carbonyl (C=O) groups is 1. The molecule has 18 heavy (non-hydrogen) atoms. The SMILES string of the molecule is COc1ccc(C2(C)OC(=O)N(C)N=C2C)cc1. The van der Waals surface area contributed by atoms with Crippen LogP contribution in [0.3, 0.4) is 0 Å². The topological polar surface area (TPSA) is 51.1 Å². The summed E-state index contributed by atoms with van der Waals surface area (Å²) in [4.78, 5) is 11.6. The van der Waals surface area contributed by atoms with Gasteiger partial charge >= 0.3 is 6.09 Å². The van der Waals surface area contributed by atoms with E-state index in [1.54, 1.807) is 14.2 Å². The number of nitrogens with zero attached hydrogens (tertiary/aromatic N) is 2. The van der Waals surface area contributed by atoms with Crippen LogP contribution in [0.5, 0.6) is 5.75 Å². The van der Waals surface area contributed by atoms with E-state index in [1.807, 2.05) is 38.1 Å². The molecule has 0 fully saturated rings. The Morgan fingerprint density at radius 1 is 1.33 bits per heavy atom. The van der Waals surface area contributed by atoms with E-state index >= 15 is 0 Å². The molecule has 0 N–H and O–H groups in total. The van der Waals surface area contributed by atoms with E-state index in [-0.39, 0.29) is 0 Å². The van der Waals surface area contributed by atoms with Crippen LogP contribution in [0.25, 0.3) is 0 Å². The van der Waals surface area contributed by atoms with Crippen molar-refractivity contribution in [2.45, 2.75) is 19.4 Å². The normalized spacial score (nSPS) is 23.4. The van der Waals surface area contributed by atoms with Crippen LogP contribution in [-0.4, -0.2) is 31.0 Å². The van der Waals surface area contributed by atoms with E-state index in [4.69, 9.17) is 9.47 Å². The average Bonchev–Trinajstić information content (AvgIpc) is 2.37. The minimum Gasteiger partial charge on any atom is -0.497 e. The molecular formula is C13H16N2O3. The number of ether oxygens (including phenoxy) is 2. The molecule has 0 radical (unpaired) electrons. The Kier molecular flexibility index (Phi) is 2.98. The van der Waals surface area contributed by atoms with E-state index in [0.717, 1.165) is 17.0 Å². The highest BCUT2D eigenvalue weighted by Gasteiger charge is 2.39. The molecule has 1 atom stereocenters. The molecule has 0 bridgehead atoms. The molecule has 0 spiro atoms. The molecule has 1 aromatic carbocycles. The Labute approximate surface area is 106 Å². The largest absolute Gasteiger partial charge is 0.497 e. The number of rotatable bonds is 2. The fraction of sp³-hybridized carbons (Fsp3) is 0.385. The molecule has 1 aromatic rings. The third-order valence-electron chi connectivity index (χ3n) is 3.19. The predicted octanol–water partition coefficient (Wildman–Crippen LogP) is 2.37. The van der Waals surface area contributed by atoms with E-state index in [9.17, 15) is 4.79 Å². The first kappa shape index (κ1) is 12.4. The Balaban J connectivity index is 2.41. The van der Waals surface area contributed by atoms with Crippen LogP contribution in [0.15, 0.2) is 29.4 Å². The summed E-state index contributed by atoms with van der Waals surface area (Å²) >= 11 is 0. The lowest BCUT2D eigenvalue weighted by Gasteiger charge is -2.35. The second-order valence-corrected chi connectivity index (χ2v) is 4.34. The van der Waals surface area contributed by atoms with Crippen molar-refractivity contribution in [2.24, 2.45) is 5.10 Å². The summed E-state index contributed by atoms with van der Waals surface area (Å²) in [5, 5.41) is 5.38. The molecule has 1 heterocycles. The van der Waals surface area contributed by atoms with Gasteiger partial charge in [0.05, 0.1) is 12.8 Å². The number of hydrogen-bond acceptors (Lipinski definition) is 4. The summed E-state index contributed by atoms with van der Waals surface area (Å²) in [7, 11) is 3.18. The average molecular weight is 248 g/mol. The summed E-state index contributed by atoms with van der Waals surface area (Å²) in [5.74, 6) is 0.760. The standard InChI is InChI=1S/C13H16N2O3/c1-9-13(2,18-12(16)15(3)14-9)10-5-7-11(17-4)8-6-10/h5-8H,1-4H3. The zero-order chi connectivity index (χ0) is 13.3. The molecule has 5 heteroatoms. The van der Waals surface area contributed by atoms with E-state index < -0.39 is 11.7 Å². The number of benzene rings is 1. The van der Waals surface area contributed by atoms with Crippen molar-refractivity contribution in [2.75, 3.05) is 14.2 Å². The predicted molar refractivity (Wildman–Crippen MR) is 67.7 cm³/mol. The smallest absolute Gasteiger partial charge is 0.431 e. The van der Waals surface area contributed by atoms with Crippen molar-refractivity contribution in [3.63, 3.8) is 0 Å². The van der Waals surface area contributed by atoms with Crippen molar-refractivity contribution in [1.82, 2.24) is 5.01 Å². The zero-order valence-electron chi connectivity index (χ0n) is 10.9. The van der Waals surface area contributed by atoms with Gasteiger partial charge in [0, 0.05) is 12.6 Å². The van der Waals surface area contributed by atoms with Crippen LogP contribution in [0.4, 0.5) is 4.79 Å². The monoisotopic (exact) mass is 248 g/mol. The van der Waals surface area contributed by atoms with Crippen molar-refractivity contribution in [3.8, 4) is 5.75 Å². The summed E-state index contributed by atoms with van der Waals surface area (Å²) in [6.07, 6.45) is -0.459. The number of cyclic esters (lactones) is 1. The van der Waals surface area contributed by atoms with Crippen molar-refractivity contribution >= 4 is 11.8 Å². The molecule has 1 aliphatic heterocycles. The van der Waals surface area contributed by atoms with Gasteiger partial charge < -0.3 is 9.47 Å². The maximum Gasteiger partial charge on any atom is 0.431 e. The van der Waals surface area contributed by atoms with Crippen molar-refractivity contribution in [1.29, 1.82) is 0 Å². The Hall–Kier alpha value is -2.04. The maximum atomic E-state index is 11.6. The molecule has 96 valence electrons. The first-order valence-corrected chi connectivity index (χ1v) is 5.64. The summed E-state index contributed by atoms with van der Waals surface area (Å²) < 4.78 is 10.6. The second-order valence-electron chi connectivity index (χ2n) is 4.34. The van der Waals surface area contributed by atoms with Crippen LogP contribution < -0.4 is 4.74 Å². The van der Waals surface area contributed by atoms with Gasteiger partial charge in [-0.3, -0.25) is 0 Å². The first-order valence-electron chi connectivity index (χ1n) is 5.64. The lowest BCUT2D eigenvalue weighted by atomic mass is 9.91. The first-order chi connectivity index (χ1) is 8.47. The lowest BCUT2D eigenvalue weighted by Crippen LogP contribution is -2.45. The fourth-order valence-corrected chi connectivity index (χ4v) is 1.85. The van der Waals surface area contributed by atoms with Crippen molar-refractivity contribution in [3.05, 3.63) is 29.8 Å². The molecule has 1 aliphatic rings. The van der Waals surface area contributed by atoms with Gasteiger partial charge in [0.1, 0.15) is 5.75 Å². The Morgan fingerprint density at radius 2 is 1.94 bits per heavy atom. The van der Waals surface area contributed by atoms with E-state index in [2.05, 4.69) is 5.10 Å². The van der Waals surface area contributed by atoms with E-state index in [0.29, 0.717) is 0 Å². The lowest BCUT2D eigenvalue weighted by molar-refractivity contribution is 0.0319. The molecule has 0 saturated heterocycles. The van der Waals surface area contributed by atoms with Crippen LogP contribution in [0.2, 0.25) is 0 Å². The second kappa shape index (κ2) is 4.33. The highest BCUT2D eigenvalue weighted by atomic mass is 16.6. The van der Waals surface area contributed by atoms with Gasteiger partial charge in [0.2, 0.25) is 0 Å². The van der Waals surface area contributed by atoms with Crippen LogP contribution in [-0.2, 0) is 10.3 Å². The fourth-order valence-electron chi connectivity index (χ4n) is 1.85. The number of hydrogen-bond donors (Lipinski definition) is 0. The summed E-state index contributed by atoms with van der Waals surface area (Å²) in [5.41, 5.74) is 0.774. The minimum atomic E-state index is -0.824. The molecule has 1 unspecified atom stereocenters. The number of amides is 1. The van der Waals surface area contributed by atoms with Gasteiger partial charge in [-0.25, -0.2) is 9.80 Å². The van der Waals surface area contributed by atoms with Crippen LogP contribution in [0.1, 0.15) is 19.4 Å². The van der Waals surface area contributed by atoms with Gasteiger partial charge in [-0.05, 0) is 26.0 Å². The molecule has 2 rings (SSSR count). The van der Waals surface area contributed by atoms with Gasteiger partial charge in [0.25, 0.3) is 0 Å². The van der Waals surface area contributed by atoms with Gasteiger partial charge in [-0.15, -0.1) is 0 Å². The Bertz CT molecular complexity index is 495. The van der Waals surface area contributed by atoms with E-state index in [1.165, 1.54) is 5.01 Å². The van der Waals surface area contributed by atoms with Gasteiger partial charge in [0.15, 0.2) is 5.60 Å². The molecule has 0 saturated carbocycles. The maximum absolute atomic E-state index is 11.6. The molecule has 0 aliphatic carbocycles. The summed E-state index contributed by atoms with van der Waals surface area (Å²) in [6, 6.07) is 7.41. The van der Waals surface area contributed by atoms with Gasteiger partial charge in [-0.2, -0.15) is 5.10 Å². The summed E-state index contributed by atoms with van der Waals surface area (Å²) in [6.45, 7) is 3.67. The molecule has 5 nitrogen and oxygen atoms in total. The minimum absolute atomic E-state index is 0.459. The number of methoxy groups -OCH3 is 1. The molecular weight excluding hydrogens is 232 g/mol. The third-order valence-corrected chi connectivity index (χ3v) is 3.19. The van der Waals surface area contributed by atoms with Crippen molar-refractivity contribution < 1.29 is 14.3 Å². The highest BCUT2D eigenvalue weighted by molar-refractivity contribution is 5.95. The highest BCUT2D eigenvalue weighted by Crippen LogP contribution is 2.32. The molecule has 1 amide bonds. The van der Waals surface area contributed by atoms with Crippen LogP contribution >= 0.6 is 0 Å². The number of hydrazone groups is 1. The number of carbonyl (C=O) groups excluding carboxylic acids is 1. The Morgan fingerprint density at radius 3 is 2.50 bits per heavy atom. The molecule has 0 aromatic heterocycles. The van der Waals surface area contributed by atoms with Crippen LogP contribution in [0, 0.1) is 0 Å².